The highest BCUT2D eigenvalue weighted by Gasteiger charge is 1.98. The number of hydrogen-bond donors (Lipinski definition) is 3. The van der Waals surface area contributed by atoms with E-state index in [1.165, 1.54) is 13.8 Å². The van der Waals surface area contributed by atoms with Crippen LogP contribution in [-0.2, 0) is 14.6 Å². The molecule has 0 aliphatic heterocycles. The van der Waals surface area contributed by atoms with Crippen LogP contribution in [0.25, 0.3) is 0 Å². The molecule has 0 bridgehead atoms. The largest absolute Gasteiger partial charge is 0.397 e. The molecule has 76 valence electrons. The third kappa shape index (κ3) is 22.6. The maximum Gasteiger partial charge on any atom is 0.397 e. The van der Waals surface area contributed by atoms with E-state index in [0.717, 1.165) is 0 Å². The molecular formula is C5H14O6S. The number of aliphatic hydroxyl groups is 2. The second-order valence-electron chi connectivity index (χ2n) is 1.87. The Labute approximate surface area is 71.7 Å². The predicted octanol–water partition coefficient (Wildman–Crippen LogP) is -0.815. The molecule has 0 aliphatic carbocycles. The van der Waals surface area contributed by atoms with Gasteiger partial charge in [0.25, 0.3) is 0 Å². The lowest BCUT2D eigenvalue weighted by Crippen LogP contribution is -2.03. The summed E-state index contributed by atoms with van der Waals surface area (Å²) in [6.45, 7) is 2.83. The van der Waals surface area contributed by atoms with Gasteiger partial charge in [0, 0.05) is 0 Å². The van der Waals surface area contributed by atoms with Crippen LogP contribution in [0.2, 0.25) is 0 Å². The van der Waals surface area contributed by atoms with Gasteiger partial charge in [-0.25, -0.2) is 4.18 Å². The summed E-state index contributed by atoms with van der Waals surface area (Å²) >= 11 is 0. The summed E-state index contributed by atoms with van der Waals surface area (Å²) in [5.41, 5.74) is 0. The zero-order chi connectivity index (χ0) is 10.2. The molecular weight excluding hydrogens is 188 g/mol. The summed E-state index contributed by atoms with van der Waals surface area (Å²) in [5, 5.41) is 16.0. The first-order valence-corrected chi connectivity index (χ1v) is 4.60. The van der Waals surface area contributed by atoms with Gasteiger partial charge < -0.3 is 10.2 Å². The Morgan fingerprint density at radius 3 is 1.83 bits per heavy atom. The monoisotopic (exact) mass is 202 g/mol. The molecule has 0 radical (unpaired) electrons. The number of aliphatic hydroxyl groups excluding tert-OH is 2. The minimum absolute atomic E-state index is 0.0289. The van der Waals surface area contributed by atoms with Crippen molar-refractivity contribution in [3.63, 3.8) is 0 Å². The van der Waals surface area contributed by atoms with E-state index in [0.29, 0.717) is 0 Å². The lowest BCUT2D eigenvalue weighted by Gasteiger charge is -1.90. The summed E-state index contributed by atoms with van der Waals surface area (Å²) in [6.07, 6.45) is -0.560. The maximum atomic E-state index is 9.56. The van der Waals surface area contributed by atoms with Crippen molar-refractivity contribution < 1.29 is 27.4 Å². The topological polar surface area (TPSA) is 104 Å². The fourth-order valence-electron chi connectivity index (χ4n) is 0.149. The van der Waals surface area contributed by atoms with Crippen molar-refractivity contribution in [2.75, 3.05) is 13.2 Å². The van der Waals surface area contributed by atoms with Gasteiger partial charge in [-0.3, -0.25) is 4.55 Å². The molecule has 1 atom stereocenters. The highest BCUT2D eigenvalue weighted by molar-refractivity contribution is 7.80. The Morgan fingerprint density at radius 2 is 1.83 bits per heavy atom. The minimum Gasteiger partial charge on any atom is -0.394 e. The summed E-state index contributed by atoms with van der Waals surface area (Å²) in [5.74, 6) is 0. The Hall–Kier alpha value is -0.210. The van der Waals surface area contributed by atoms with Crippen molar-refractivity contribution in [1.82, 2.24) is 0 Å². The molecule has 1 unspecified atom stereocenters. The second kappa shape index (κ2) is 7.44. The highest BCUT2D eigenvalue weighted by Crippen LogP contribution is 1.81. The first-order valence-electron chi connectivity index (χ1n) is 3.24. The van der Waals surface area contributed by atoms with Crippen LogP contribution in [0, 0.1) is 0 Å². The van der Waals surface area contributed by atoms with Gasteiger partial charge in [-0.1, -0.05) is 0 Å². The van der Waals surface area contributed by atoms with Crippen LogP contribution in [0.1, 0.15) is 13.8 Å². The van der Waals surface area contributed by atoms with Gasteiger partial charge in [0.2, 0.25) is 0 Å². The van der Waals surface area contributed by atoms with E-state index in [9.17, 15) is 8.42 Å². The molecule has 3 N–H and O–H groups in total. The summed E-state index contributed by atoms with van der Waals surface area (Å²) < 4.78 is 30.7. The predicted molar refractivity (Wildman–Crippen MR) is 41.9 cm³/mol. The highest BCUT2D eigenvalue weighted by atomic mass is 32.3. The van der Waals surface area contributed by atoms with E-state index >= 15 is 0 Å². The third-order valence-corrected chi connectivity index (χ3v) is 1.06. The quantitative estimate of drug-likeness (QED) is 0.517. The number of rotatable bonds is 3. The van der Waals surface area contributed by atoms with E-state index in [1.54, 1.807) is 0 Å². The van der Waals surface area contributed by atoms with Gasteiger partial charge in [0.1, 0.15) is 0 Å². The number of hydrogen-bond acceptors (Lipinski definition) is 5. The van der Waals surface area contributed by atoms with Gasteiger partial charge in [-0.15, -0.1) is 0 Å². The zero-order valence-corrected chi connectivity index (χ0v) is 7.78. The van der Waals surface area contributed by atoms with E-state index in [-0.39, 0.29) is 13.2 Å². The van der Waals surface area contributed by atoms with Gasteiger partial charge in [0.15, 0.2) is 0 Å². The summed E-state index contributed by atoms with van der Waals surface area (Å²) in [4.78, 5) is 0. The van der Waals surface area contributed by atoms with E-state index < -0.39 is 16.5 Å². The Kier molecular flexibility index (Phi) is 8.88. The lowest BCUT2D eigenvalue weighted by atomic mass is 10.5. The molecule has 0 amide bonds. The SMILES string of the molecule is CC(O)CO.CCOS(=O)(=O)O. The smallest absolute Gasteiger partial charge is 0.394 e. The molecule has 0 aromatic rings. The standard InChI is InChI=1S/C3H8O2.C2H6O4S/c1-3(5)2-4;1-2-6-7(3,4)5/h3-5H,2H2,1H3;2H2,1H3,(H,3,4,5). The molecule has 0 fully saturated rings. The van der Waals surface area contributed by atoms with Gasteiger partial charge in [0.05, 0.1) is 19.3 Å². The Bertz CT molecular complexity index is 172. The third-order valence-electron chi connectivity index (χ3n) is 0.531. The van der Waals surface area contributed by atoms with Crippen molar-refractivity contribution in [3.8, 4) is 0 Å². The summed E-state index contributed by atoms with van der Waals surface area (Å²) in [6, 6.07) is 0. The zero-order valence-electron chi connectivity index (χ0n) is 6.97. The van der Waals surface area contributed by atoms with E-state index in [2.05, 4.69) is 4.18 Å². The van der Waals surface area contributed by atoms with Crippen molar-refractivity contribution in [1.29, 1.82) is 0 Å². The first kappa shape index (κ1) is 14.3. The van der Waals surface area contributed by atoms with Crippen molar-refractivity contribution in [2.45, 2.75) is 20.0 Å². The fraction of sp³-hybridized carbons (Fsp3) is 1.00. The minimum atomic E-state index is -4.17. The molecule has 0 aromatic carbocycles. The van der Waals surface area contributed by atoms with E-state index in [1.807, 2.05) is 0 Å². The molecule has 0 saturated heterocycles. The van der Waals surface area contributed by atoms with Gasteiger partial charge >= 0.3 is 10.4 Å². The summed E-state index contributed by atoms with van der Waals surface area (Å²) in [7, 11) is -4.17. The average molecular weight is 202 g/mol. The molecule has 6 nitrogen and oxygen atoms in total. The van der Waals surface area contributed by atoms with Crippen molar-refractivity contribution in [2.24, 2.45) is 0 Å². The molecule has 12 heavy (non-hydrogen) atoms. The van der Waals surface area contributed by atoms with Gasteiger partial charge in [-0.2, -0.15) is 8.42 Å². The lowest BCUT2D eigenvalue weighted by molar-refractivity contribution is 0.110. The normalized spacial score (nSPS) is 13.1. The molecule has 0 rings (SSSR count). The molecule has 0 heterocycles. The second-order valence-corrected chi connectivity index (χ2v) is 2.96. The molecule has 0 aromatic heterocycles. The maximum absolute atomic E-state index is 9.56. The molecule has 7 heteroatoms. The van der Waals surface area contributed by atoms with Crippen LogP contribution >= 0.6 is 0 Å². The fourth-order valence-corrected chi connectivity index (χ4v) is 0.447. The average Bonchev–Trinajstić information content (AvgIpc) is 1.86. The van der Waals surface area contributed by atoms with Crippen molar-refractivity contribution >= 4 is 10.4 Å². The van der Waals surface area contributed by atoms with Crippen LogP contribution in [0.4, 0.5) is 0 Å². The van der Waals surface area contributed by atoms with Crippen LogP contribution in [0.15, 0.2) is 0 Å². The Balaban J connectivity index is 0. The molecule has 0 spiro atoms. The Morgan fingerprint density at radius 1 is 1.50 bits per heavy atom. The van der Waals surface area contributed by atoms with Crippen LogP contribution < -0.4 is 0 Å². The molecule has 0 aliphatic rings. The van der Waals surface area contributed by atoms with Crippen LogP contribution in [0.3, 0.4) is 0 Å². The van der Waals surface area contributed by atoms with Crippen molar-refractivity contribution in [3.05, 3.63) is 0 Å². The van der Waals surface area contributed by atoms with Crippen LogP contribution in [0.5, 0.6) is 0 Å². The van der Waals surface area contributed by atoms with Gasteiger partial charge in [-0.05, 0) is 13.8 Å². The van der Waals surface area contributed by atoms with E-state index in [4.69, 9.17) is 14.8 Å². The van der Waals surface area contributed by atoms with Crippen LogP contribution in [-0.4, -0.2) is 42.5 Å². The molecule has 0 saturated carbocycles. The first-order chi connectivity index (χ1) is 5.33.